The van der Waals surface area contributed by atoms with E-state index in [-0.39, 0.29) is 30.3 Å². The molecule has 3 atom stereocenters. The van der Waals surface area contributed by atoms with E-state index < -0.39 is 11.9 Å². The number of carbonyl (C=O) groups excluding carboxylic acids is 3. The van der Waals surface area contributed by atoms with Crippen molar-refractivity contribution in [3.63, 3.8) is 0 Å². The summed E-state index contributed by atoms with van der Waals surface area (Å²) in [5.74, 6) is -0.339. The molecule has 2 bridgehead atoms. The number of hydrogen-bond donors (Lipinski definition) is 3. The van der Waals surface area contributed by atoms with Crippen molar-refractivity contribution < 1.29 is 14.4 Å². The molecule has 202 valence electrons. The lowest BCUT2D eigenvalue weighted by atomic mass is 9.97. The Morgan fingerprint density at radius 1 is 1.18 bits per heavy atom. The summed E-state index contributed by atoms with van der Waals surface area (Å²) in [6.07, 6.45) is 4.25. The molecule has 4 N–H and O–H groups in total. The fourth-order valence-corrected chi connectivity index (χ4v) is 7.30. The van der Waals surface area contributed by atoms with Gasteiger partial charge in [0.2, 0.25) is 11.8 Å². The first-order valence-corrected chi connectivity index (χ1v) is 14.2. The number of carbonyl (C=O) groups is 3. The van der Waals surface area contributed by atoms with Gasteiger partial charge in [0.1, 0.15) is 24.1 Å². The van der Waals surface area contributed by atoms with E-state index in [4.69, 9.17) is 5.73 Å². The first kappa shape index (κ1) is 24.5. The number of nitrogens with one attached hydrogen (secondary N) is 2. The maximum Gasteiger partial charge on any atom is 0.250 e. The Bertz CT molecular complexity index is 1820. The molecule has 3 amide bonds. The largest absolute Gasteiger partial charge is 0.366 e. The van der Waals surface area contributed by atoms with Crippen molar-refractivity contribution in [3.8, 4) is 11.3 Å². The van der Waals surface area contributed by atoms with Crippen molar-refractivity contribution in [2.24, 2.45) is 11.7 Å². The van der Waals surface area contributed by atoms with Gasteiger partial charge in [-0.1, -0.05) is 12.1 Å². The molecule has 1 aromatic carbocycles. The third kappa shape index (κ3) is 3.96. The number of fused-ring (bicyclic) bond motifs is 4. The highest BCUT2D eigenvalue weighted by Gasteiger charge is 2.51. The second kappa shape index (κ2) is 9.30. The maximum atomic E-state index is 13.8. The lowest BCUT2D eigenvalue weighted by Gasteiger charge is -2.34. The number of likely N-dealkylation sites (tertiary alicyclic amines) is 1. The predicted octanol–water partition coefficient (Wildman–Crippen LogP) is 4.07. The first-order valence-electron chi connectivity index (χ1n) is 13.3. The third-order valence-corrected chi connectivity index (χ3v) is 9.10. The van der Waals surface area contributed by atoms with Gasteiger partial charge in [-0.3, -0.25) is 19.5 Å². The smallest absolute Gasteiger partial charge is 0.250 e. The molecule has 5 heterocycles. The summed E-state index contributed by atoms with van der Waals surface area (Å²) in [4.78, 5) is 45.7. The highest BCUT2D eigenvalue weighted by molar-refractivity contribution is 7.17. The van der Waals surface area contributed by atoms with Gasteiger partial charge in [-0.05, 0) is 67.8 Å². The molecular weight excluding hydrogens is 526 g/mol. The van der Waals surface area contributed by atoms with Crippen LogP contribution in [0.25, 0.3) is 32.4 Å². The van der Waals surface area contributed by atoms with E-state index in [0.29, 0.717) is 16.8 Å². The maximum absolute atomic E-state index is 13.8. The number of aromatic nitrogens is 4. The molecule has 0 spiro atoms. The molecule has 1 aliphatic carbocycles. The van der Waals surface area contributed by atoms with Crippen LogP contribution in [0.1, 0.15) is 35.3 Å². The quantitative estimate of drug-likeness (QED) is 0.291. The topological polar surface area (TPSA) is 139 Å². The molecule has 1 saturated heterocycles. The number of piperidine rings is 1. The normalized spacial score (nSPS) is 20.0. The van der Waals surface area contributed by atoms with Crippen molar-refractivity contribution in [1.82, 2.24) is 24.6 Å². The fourth-order valence-electron chi connectivity index (χ4n) is 6.44. The highest BCUT2D eigenvalue weighted by Crippen LogP contribution is 2.43. The van der Waals surface area contributed by atoms with Crippen LogP contribution in [0.3, 0.4) is 0 Å². The summed E-state index contributed by atoms with van der Waals surface area (Å²) in [5, 5.41) is 13.1. The van der Waals surface area contributed by atoms with Crippen LogP contribution < -0.4 is 11.1 Å². The van der Waals surface area contributed by atoms with Crippen LogP contribution in [0.5, 0.6) is 0 Å². The van der Waals surface area contributed by atoms with E-state index in [1.54, 1.807) is 33.1 Å². The van der Waals surface area contributed by atoms with Gasteiger partial charge in [-0.15, -0.1) is 11.3 Å². The van der Waals surface area contributed by atoms with Gasteiger partial charge in [-0.25, -0.2) is 4.98 Å². The van der Waals surface area contributed by atoms with Gasteiger partial charge in [0.05, 0.1) is 15.8 Å². The van der Waals surface area contributed by atoms with Gasteiger partial charge >= 0.3 is 0 Å². The molecule has 40 heavy (non-hydrogen) atoms. The Morgan fingerprint density at radius 2 is 2.05 bits per heavy atom. The standard InChI is InChI=1S/C29H27N7O3S/c1-15-3-2-4-23(31-15)32-29(39)26-17-5-7-18(11-17)36(26)24(37)14-35-13-20(28(30)38)19-12-16(6-8-22(19)35)25-27-21(33-34-25)9-10-40-27/h2-4,6,8-10,12-13,17-18,26H,5,7,11,14H2,1H3,(H2,30,38)(H,33,34)(H,31,32,39)/t17?,18?,26-/m0/s1. The molecule has 11 heteroatoms. The molecular formula is C29H27N7O3S. The fraction of sp³-hybridized carbons (Fsp3) is 0.276. The average Bonchev–Trinajstić information content (AvgIpc) is 3.74. The number of thiophene rings is 1. The number of H-pyrrole nitrogens is 1. The number of hydrogen-bond acceptors (Lipinski definition) is 6. The van der Waals surface area contributed by atoms with Crippen LogP contribution in [0.15, 0.2) is 54.0 Å². The zero-order valence-electron chi connectivity index (χ0n) is 21.8. The minimum atomic E-state index is -0.570. The summed E-state index contributed by atoms with van der Waals surface area (Å²) < 4.78 is 2.79. The number of amides is 3. The van der Waals surface area contributed by atoms with Crippen LogP contribution in [-0.2, 0) is 16.1 Å². The van der Waals surface area contributed by atoms with Crippen molar-refractivity contribution in [2.45, 2.75) is 44.8 Å². The van der Waals surface area contributed by atoms with Crippen LogP contribution >= 0.6 is 11.3 Å². The minimum Gasteiger partial charge on any atom is -0.366 e. The molecule has 4 aromatic heterocycles. The summed E-state index contributed by atoms with van der Waals surface area (Å²) in [5.41, 5.74) is 10.2. The van der Waals surface area contributed by atoms with Crippen molar-refractivity contribution >= 4 is 56.0 Å². The first-order chi connectivity index (χ1) is 19.4. The van der Waals surface area contributed by atoms with Gasteiger partial charge < -0.3 is 20.5 Å². The second-order valence-corrected chi connectivity index (χ2v) is 11.5. The summed E-state index contributed by atoms with van der Waals surface area (Å²) in [7, 11) is 0. The van der Waals surface area contributed by atoms with Crippen molar-refractivity contribution in [2.75, 3.05) is 5.32 Å². The monoisotopic (exact) mass is 553 g/mol. The molecule has 10 nitrogen and oxygen atoms in total. The number of rotatable bonds is 6. The van der Waals surface area contributed by atoms with Crippen LogP contribution in [0.2, 0.25) is 0 Å². The lowest BCUT2D eigenvalue weighted by molar-refractivity contribution is -0.141. The Kier molecular flexibility index (Phi) is 5.70. The van der Waals surface area contributed by atoms with Crippen LogP contribution in [0, 0.1) is 12.8 Å². The zero-order valence-corrected chi connectivity index (χ0v) is 22.6. The van der Waals surface area contributed by atoms with Crippen molar-refractivity contribution in [1.29, 1.82) is 0 Å². The zero-order chi connectivity index (χ0) is 27.5. The average molecular weight is 554 g/mol. The molecule has 0 radical (unpaired) electrons. The Labute approximate surface area is 233 Å². The van der Waals surface area contributed by atoms with E-state index in [0.717, 1.165) is 51.9 Å². The van der Waals surface area contributed by atoms with Gasteiger partial charge in [0.25, 0.3) is 5.91 Å². The number of nitrogens with zero attached hydrogens (tertiary/aromatic N) is 4. The van der Waals surface area contributed by atoms with Gasteiger partial charge in [0, 0.05) is 34.4 Å². The number of primary amides is 1. The van der Waals surface area contributed by atoms with E-state index in [9.17, 15) is 14.4 Å². The van der Waals surface area contributed by atoms with Gasteiger partial charge in [-0.2, -0.15) is 5.10 Å². The number of aryl methyl sites for hydroxylation is 1. The molecule has 5 aromatic rings. The Morgan fingerprint density at radius 3 is 2.88 bits per heavy atom. The number of benzene rings is 1. The second-order valence-electron chi connectivity index (χ2n) is 10.6. The number of anilines is 1. The van der Waals surface area contributed by atoms with E-state index >= 15 is 0 Å². The molecule has 7 rings (SSSR count). The van der Waals surface area contributed by atoms with Crippen LogP contribution in [-0.4, -0.2) is 54.5 Å². The SMILES string of the molecule is Cc1cccc(NC(=O)[C@@H]2C3CCC(C3)N2C(=O)Cn2cc(C(N)=O)c3cc(-c4n[nH]c5ccsc45)ccc32)n1. The minimum absolute atomic E-state index is 0.00357. The lowest BCUT2D eigenvalue weighted by Crippen LogP contribution is -2.51. The van der Waals surface area contributed by atoms with E-state index in [1.165, 1.54) is 0 Å². The van der Waals surface area contributed by atoms with Crippen LogP contribution in [0.4, 0.5) is 5.82 Å². The predicted molar refractivity (Wildman–Crippen MR) is 153 cm³/mol. The highest BCUT2D eigenvalue weighted by atomic mass is 32.1. The molecule has 1 saturated carbocycles. The number of aromatic amines is 1. The number of nitrogens with two attached hydrogens (primary N) is 1. The van der Waals surface area contributed by atoms with E-state index in [2.05, 4.69) is 20.5 Å². The third-order valence-electron chi connectivity index (χ3n) is 8.18. The Balaban J connectivity index is 1.19. The molecule has 1 aliphatic heterocycles. The molecule has 2 fully saturated rings. The summed E-state index contributed by atoms with van der Waals surface area (Å²) in [6.45, 7) is 1.86. The van der Waals surface area contributed by atoms with E-state index in [1.807, 2.05) is 48.7 Å². The van der Waals surface area contributed by atoms with Gasteiger partial charge in [0.15, 0.2) is 0 Å². The summed E-state index contributed by atoms with van der Waals surface area (Å²) in [6, 6.07) is 12.6. The number of pyridine rings is 1. The summed E-state index contributed by atoms with van der Waals surface area (Å²) >= 11 is 1.59. The Hall–Kier alpha value is -4.51. The molecule has 2 aliphatic rings. The molecule has 2 unspecified atom stereocenters. The van der Waals surface area contributed by atoms with Crippen molar-refractivity contribution in [3.05, 3.63) is 65.3 Å².